The third-order valence-electron chi connectivity index (χ3n) is 4.60. The normalized spacial score (nSPS) is 28.0. The fourth-order valence-corrected chi connectivity index (χ4v) is 4.51. The van der Waals surface area contributed by atoms with Crippen molar-refractivity contribution in [3.8, 4) is 0 Å². The van der Waals surface area contributed by atoms with E-state index in [0.717, 1.165) is 16.6 Å². The number of hydrogen-bond acceptors (Lipinski definition) is 4. The monoisotopic (exact) mass is 321 g/mol. The van der Waals surface area contributed by atoms with E-state index in [1.165, 1.54) is 25.9 Å². The van der Waals surface area contributed by atoms with Crippen molar-refractivity contribution in [2.45, 2.75) is 18.9 Å². The van der Waals surface area contributed by atoms with Crippen LogP contribution in [0.3, 0.4) is 0 Å². The highest BCUT2D eigenvalue weighted by molar-refractivity contribution is 7.17. The van der Waals surface area contributed by atoms with Crippen molar-refractivity contribution in [2.24, 2.45) is 5.92 Å². The van der Waals surface area contributed by atoms with Gasteiger partial charge in [0.05, 0.1) is 4.70 Å². The Morgan fingerprint density at radius 3 is 2.95 bits per heavy atom. The highest BCUT2D eigenvalue weighted by Gasteiger charge is 2.35. The predicted octanol–water partition coefficient (Wildman–Crippen LogP) is 2.77. The van der Waals surface area contributed by atoms with Crippen LogP contribution in [0.1, 0.15) is 23.3 Å². The number of nitrogens with zero attached hydrogens (tertiary/aromatic N) is 2. The molecule has 2 bridgehead atoms. The van der Waals surface area contributed by atoms with Gasteiger partial charge in [0.1, 0.15) is 10.8 Å². The number of amides is 1. The molecular weight excluding hydrogens is 306 g/mol. The van der Waals surface area contributed by atoms with Gasteiger partial charge in [0.2, 0.25) is 0 Å². The van der Waals surface area contributed by atoms with Gasteiger partial charge in [-0.1, -0.05) is 11.6 Å². The van der Waals surface area contributed by atoms with Crippen LogP contribution in [-0.4, -0.2) is 41.5 Å². The molecule has 0 radical (unpaired) electrons. The molecule has 6 heteroatoms. The van der Waals surface area contributed by atoms with Crippen LogP contribution in [0.25, 0.3) is 10.1 Å². The third kappa shape index (κ3) is 2.43. The fraction of sp³-hybridized carbons (Fsp3) is 0.467. The molecular formula is C15H16ClN3OS. The van der Waals surface area contributed by atoms with Gasteiger partial charge in [-0.2, -0.15) is 0 Å². The molecule has 5 heterocycles. The fourth-order valence-electron chi connectivity index (χ4n) is 3.42. The van der Waals surface area contributed by atoms with Crippen molar-refractivity contribution >= 4 is 38.9 Å². The summed E-state index contributed by atoms with van der Waals surface area (Å²) in [6.45, 7) is 3.30. The van der Waals surface area contributed by atoms with Crippen LogP contribution in [0, 0.1) is 5.92 Å². The van der Waals surface area contributed by atoms with E-state index in [-0.39, 0.29) is 11.9 Å². The van der Waals surface area contributed by atoms with Gasteiger partial charge in [-0.25, -0.2) is 4.98 Å². The number of fused-ring (bicyclic) bond motifs is 4. The molecule has 2 aromatic heterocycles. The molecule has 1 atom stereocenters. The number of halogens is 1. The Labute approximate surface area is 132 Å². The zero-order valence-corrected chi connectivity index (χ0v) is 13.1. The van der Waals surface area contributed by atoms with E-state index < -0.39 is 0 Å². The smallest absolute Gasteiger partial charge is 0.270 e. The molecule has 0 spiro atoms. The second kappa shape index (κ2) is 5.23. The van der Waals surface area contributed by atoms with Gasteiger partial charge < -0.3 is 10.2 Å². The first-order valence-corrected chi connectivity index (χ1v) is 8.53. The van der Waals surface area contributed by atoms with E-state index in [4.69, 9.17) is 11.6 Å². The standard InChI is InChI=1S/C15H16ClN3OS/c16-14-13-10(3-6-21-13)7-11(17-14)15(20)18-12-8-19-4-1-9(12)2-5-19/h3,6-7,9,12H,1-2,4-5,8H2,(H,18,20)/t12-/m0/s1. The van der Waals surface area contributed by atoms with Crippen molar-refractivity contribution in [3.05, 3.63) is 28.4 Å². The second-order valence-electron chi connectivity index (χ2n) is 5.86. The van der Waals surface area contributed by atoms with Crippen molar-refractivity contribution in [1.82, 2.24) is 15.2 Å². The molecule has 1 N–H and O–H groups in total. The van der Waals surface area contributed by atoms with Crippen molar-refractivity contribution < 1.29 is 4.79 Å². The number of piperidine rings is 3. The lowest BCUT2D eigenvalue weighted by atomic mass is 9.84. The van der Waals surface area contributed by atoms with Crippen molar-refractivity contribution in [2.75, 3.05) is 19.6 Å². The van der Waals surface area contributed by atoms with Crippen molar-refractivity contribution in [3.63, 3.8) is 0 Å². The molecule has 21 heavy (non-hydrogen) atoms. The summed E-state index contributed by atoms with van der Waals surface area (Å²) in [5.41, 5.74) is 0.419. The maximum atomic E-state index is 12.5. The SMILES string of the molecule is O=C(N[C@H]1CN2CCC1CC2)c1cc2ccsc2c(Cl)n1. The molecule has 110 valence electrons. The topological polar surface area (TPSA) is 45.2 Å². The maximum Gasteiger partial charge on any atom is 0.270 e. The molecule has 3 aliphatic rings. The number of carbonyl (C=O) groups is 1. The molecule has 2 aromatic rings. The lowest BCUT2D eigenvalue weighted by Crippen LogP contribution is -2.57. The minimum atomic E-state index is -0.108. The Balaban J connectivity index is 1.56. The van der Waals surface area contributed by atoms with Crippen LogP contribution >= 0.6 is 22.9 Å². The number of pyridine rings is 1. The van der Waals surface area contributed by atoms with Crippen LogP contribution < -0.4 is 5.32 Å². The molecule has 5 rings (SSSR count). The molecule has 3 saturated heterocycles. The summed E-state index contributed by atoms with van der Waals surface area (Å²) in [6, 6.07) is 4.05. The predicted molar refractivity (Wildman–Crippen MR) is 85.0 cm³/mol. The first-order valence-electron chi connectivity index (χ1n) is 7.27. The summed E-state index contributed by atoms with van der Waals surface area (Å²) in [4.78, 5) is 19.1. The minimum Gasteiger partial charge on any atom is -0.346 e. The number of aromatic nitrogens is 1. The molecule has 0 unspecified atom stereocenters. The Kier molecular flexibility index (Phi) is 3.36. The lowest BCUT2D eigenvalue weighted by Gasteiger charge is -2.44. The van der Waals surface area contributed by atoms with E-state index in [1.54, 1.807) is 11.3 Å². The Morgan fingerprint density at radius 1 is 1.43 bits per heavy atom. The summed E-state index contributed by atoms with van der Waals surface area (Å²) in [5.74, 6) is 0.503. The van der Waals surface area contributed by atoms with Gasteiger partial charge in [-0.05, 0) is 54.7 Å². The Hall–Kier alpha value is -1.17. The molecule has 3 aliphatic heterocycles. The van der Waals surface area contributed by atoms with E-state index in [2.05, 4.69) is 15.2 Å². The highest BCUT2D eigenvalue weighted by atomic mass is 35.5. The van der Waals surface area contributed by atoms with E-state index in [0.29, 0.717) is 16.8 Å². The molecule has 0 aliphatic carbocycles. The van der Waals surface area contributed by atoms with Crippen LogP contribution in [0.5, 0.6) is 0 Å². The number of thiophene rings is 1. The van der Waals surface area contributed by atoms with Crippen molar-refractivity contribution in [1.29, 1.82) is 0 Å². The third-order valence-corrected chi connectivity index (χ3v) is 5.92. The van der Waals surface area contributed by atoms with Crippen LogP contribution in [0.4, 0.5) is 0 Å². The van der Waals surface area contributed by atoms with E-state index >= 15 is 0 Å². The van der Waals surface area contributed by atoms with Crippen LogP contribution in [-0.2, 0) is 0 Å². The largest absolute Gasteiger partial charge is 0.346 e. The van der Waals surface area contributed by atoms with Gasteiger partial charge in [0, 0.05) is 12.6 Å². The number of nitrogens with one attached hydrogen (secondary N) is 1. The van der Waals surface area contributed by atoms with Crippen LogP contribution in [0.15, 0.2) is 17.5 Å². The quantitative estimate of drug-likeness (QED) is 0.865. The minimum absolute atomic E-state index is 0.108. The summed E-state index contributed by atoms with van der Waals surface area (Å²) in [7, 11) is 0. The summed E-state index contributed by atoms with van der Waals surface area (Å²) in [6.07, 6.45) is 2.37. The molecule has 1 amide bonds. The first kappa shape index (κ1) is 13.5. The highest BCUT2D eigenvalue weighted by Crippen LogP contribution is 2.29. The van der Waals surface area contributed by atoms with Gasteiger partial charge >= 0.3 is 0 Å². The van der Waals surface area contributed by atoms with Crippen LogP contribution in [0.2, 0.25) is 5.15 Å². The molecule has 0 saturated carbocycles. The summed E-state index contributed by atoms with van der Waals surface area (Å²) in [5, 5.41) is 6.52. The van der Waals surface area contributed by atoms with E-state index in [1.807, 2.05) is 17.5 Å². The average Bonchev–Trinajstić information content (AvgIpc) is 2.97. The van der Waals surface area contributed by atoms with Gasteiger partial charge in [-0.15, -0.1) is 11.3 Å². The van der Waals surface area contributed by atoms with Gasteiger partial charge in [-0.3, -0.25) is 4.79 Å². The molecule has 0 aromatic carbocycles. The number of carbonyl (C=O) groups excluding carboxylic acids is 1. The second-order valence-corrected chi connectivity index (χ2v) is 7.13. The Bertz CT molecular complexity index is 693. The maximum absolute atomic E-state index is 12.5. The molecule has 4 nitrogen and oxygen atoms in total. The zero-order chi connectivity index (χ0) is 14.4. The Morgan fingerprint density at radius 2 is 2.24 bits per heavy atom. The van der Waals surface area contributed by atoms with Gasteiger partial charge in [0.15, 0.2) is 0 Å². The average molecular weight is 322 g/mol. The summed E-state index contributed by atoms with van der Waals surface area (Å²) < 4.78 is 0.941. The zero-order valence-electron chi connectivity index (χ0n) is 11.5. The first-order chi connectivity index (χ1) is 10.2. The molecule has 3 fully saturated rings. The summed E-state index contributed by atoms with van der Waals surface area (Å²) >= 11 is 7.71. The number of hydrogen-bond donors (Lipinski definition) is 1. The number of rotatable bonds is 2. The lowest BCUT2D eigenvalue weighted by molar-refractivity contribution is 0.0618. The van der Waals surface area contributed by atoms with E-state index in [9.17, 15) is 4.79 Å². The van der Waals surface area contributed by atoms with Gasteiger partial charge in [0.25, 0.3) is 5.91 Å².